The Labute approximate surface area is 155 Å². The van der Waals surface area contributed by atoms with E-state index < -0.39 is 0 Å². The van der Waals surface area contributed by atoms with Gasteiger partial charge in [-0.3, -0.25) is 9.79 Å². The van der Waals surface area contributed by atoms with Crippen LogP contribution in [0.1, 0.15) is 33.6 Å². The predicted octanol–water partition coefficient (Wildman–Crippen LogP) is 1.92. The van der Waals surface area contributed by atoms with Gasteiger partial charge in [0.05, 0.1) is 6.54 Å². The van der Waals surface area contributed by atoms with E-state index in [-0.39, 0.29) is 40.5 Å². The number of thioether (sulfide) groups is 1. The lowest BCUT2D eigenvalue weighted by molar-refractivity contribution is -0.122. The molecule has 2 aliphatic rings. The number of hydrogen-bond donors (Lipinski definition) is 2. The number of nitrogens with zero attached hydrogens (tertiary/aromatic N) is 2. The molecule has 7 heteroatoms. The van der Waals surface area contributed by atoms with E-state index in [4.69, 9.17) is 0 Å². The molecule has 0 aromatic heterocycles. The molecule has 1 amide bonds. The lowest BCUT2D eigenvalue weighted by Gasteiger charge is -2.39. The fourth-order valence-corrected chi connectivity index (χ4v) is 3.57. The molecular weight excluding hydrogens is 411 g/mol. The topological polar surface area (TPSA) is 56.7 Å². The van der Waals surface area contributed by atoms with Crippen LogP contribution in [-0.4, -0.2) is 60.0 Å². The first kappa shape index (κ1) is 19.9. The summed E-state index contributed by atoms with van der Waals surface area (Å²) in [5, 5.41) is 6.33. The smallest absolute Gasteiger partial charge is 0.223 e. The summed E-state index contributed by atoms with van der Waals surface area (Å²) >= 11 is 2.02. The second-order valence-corrected chi connectivity index (χ2v) is 8.13. The van der Waals surface area contributed by atoms with Gasteiger partial charge in [0, 0.05) is 42.6 Å². The minimum absolute atomic E-state index is 0. The Balaban J connectivity index is 0.00000242. The summed E-state index contributed by atoms with van der Waals surface area (Å²) in [6.07, 6.45) is 2.11. The van der Waals surface area contributed by atoms with Crippen molar-refractivity contribution in [1.82, 2.24) is 15.5 Å². The van der Waals surface area contributed by atoms with E-state index in [1.807, 2.05) is 11.8 Å². The standard InChI is InChI=1S/C15H28N4OS.HI/c1-4-16-14(19-9-10-21-15(2,3)11-19)18-8-7-17-13(20)12-5-6-12;/h12H,4-11H2,1-3H3,(H,16,18)(H,17,20);1H. The van der Waals surface area contributed by atoms with E-state index >= 15 is 0 Å². The van der Waals surface area contributed by atoms with Gasteiger partial charge in [-0.05, 0) is 33.6 Å². The molecule has 22 heavy (non-hydrogen) atoms. The molecular formula is C15H29IN4OS. The van der Waals surface area contributed by atoms with Crippen LogP contribution in [0.2, 0.25) is 0 Å². The molecule has 1 aliphatic heterocycles. The van der Waals surface area contributed by atoms with Gasteiger partial charge in [0.2, 0.25) is 5.91 Å². The van der Waals surface area contributed by atoms with Crippen LogP contribution in [0.4, 0.5) is 0 Å². The molecule has 1 heterocycles. The third kappa shape index (κ3) is 6.52. The molecule has 128 valence electrons. The van der Waals surface area contributed by atoms with E-state index in [0.717, 1.165) is 44.2 Å². The van der Waals surface area contributed by atoms with Crippen molar-refractivity contribution in [2.24, 2.45) is 10.9 Å². The summed E-state index contributed by atoms with van der Waals surface area (Å²) in [5.41, 5.74) is 0. The molecule has 0 spiro atoms. The van der Waals surface area contributed by atoms with Crippen molar-refractivity contribution in [2.45, 2.75) is 38.4 Å². The van der Waals surface area contributed by atoms with Crippen LogP contribution in [0, 0.1) is 5.92 Å². The van der Waals surface area contributed by atoms with Crippen LogP contribution in [0.15, 0.2) is 4.99 Å². The highest BCUT2D eigenvalue weighted by Gasteiger charge is 2.29. The third-order valence-corrected chi connectivity index (χ3v) is 4.98. The fraction of sp³-hybridized carbons (Fsp3) is 0.867. The van der Waals surface area contributed by atoms with Crippen LogP contribution in [-0.2, 0) is 4.79 Å². The van der Waals surface area contributed by atoms with Gasteiger partial charge in [-0.2, -0.15) is 11.8 Å². The predicted molar refractivity (Wildman–Crippen MR) is 105 cm³/mol. The average Bonchev–Trinajstić information content (AvgIpc) is 3.25. The van der Waals surface area contributed by atoms with Crippen molar-refractivity contribution in [3.05, 3.63) is 0 Å². The number of nitrogens with one attached hydrogen (secondary N) is 2. The number of carbonyl (C=O) groups is 1. The summed E-state index contributed by atoms with van der Waals surface area (Å²) in [4.78, 5) is 18.6. The van der Waals surface area contributed by atoms with Gasteiger partial charge in [-0.1, -0.05) is 0 Å². The maximum atomic E-state index is 11.6. The first-order valence-corrected chi connectivity index (χ1v) is 8.95. The van der Waals surface area contributed by atoms with Crippen LogP contribution in [0.25, 0.3) is 0 Å². The normalized spacial score (nSPS) is 21.0. The SMILES string of the molecule is CCNC(=NCCNC(=O)C1CC1)N1CCSC(C)(C)C1.I. The highest BCUT2D eigenvalue weighted by atomic mass is 127. The number of halogens is 1. The van der Waals surface area contributed by atoms with Gasteiger partial charge in [0.15, 0.2) is 5.96 Å². The molecule has 1 saturated carbocycles. The molecule has 0 bridgehead atoms. The van der Waals surface area contributed by atoms with Crippen molar-refractivity contribution in [3.63, 3.8) is 0 Å². The third-order valence-electron chi connectivity index (χ3n) is 3.68. The number of rotatable bonds is 5. The highest BCUT2D eigenvalue weighted by Crippen LogP contribution is 2.29. The first-order chi connectivity index (χ1) is 10.0. The van der Waals surface area contributed by atoms with Crippen molar-refractivity contribution in [3.8, 4) is 0 Å². The average molecular weight is 440 g/mol. The molecule has 0 aromatic rings. The zero-order valence-corrected chi connectivity index (χ0v) is 17.0. The maximum absolute atomic E-state index is 11.6. The Morgan fingerprint density at radius 1 is 1.36 bits per heavy atom. The number of aliphatic imine (C=N–C) groups is 1. The fourth-order valence-electron chi connectivity index (χ4n) is 2.45. The molecule has 0 atom stereocenters. The first-order valence-electron chi connectivity index (χ1n) is 7.97. The quantitative estimate of drug-likeness (QED) is 0.297. The number of guanidine groups is 1. The minimum Gasteiger partial charge on any atom is -0.357 e. The van der Waals surface area contributed by atoms with Gasteiger partial charge in [0.1, 0.15) is 0 Å². The van der Waals surface area contributed by atoms with Gasteiger partial charge >= 0.3 is 0 Å². The van der Waals surface area contributed by atoms with Crippen LogP contribution < -0.4 is 10.6 Å². The summed E-state index contributed by atoms with van der Waals surface area (Å²) in [6.45, 7) is 10.9. The van der Waals surface area contributed by atoms with E-state index in [1.54, 1.807) is 0 Å². The van der Waals surface area contributed by atoms with Crippen molar-refractivity contribution >= 4 is 47.6 Å². The monoisotopic (exact) mass is 440 g/mol. The summed E-state index contributed by atoms with van der Waals surface area (Å²) in [6, 6.07) is 0. The lowest BCUT2D eigenvalue weighted by atomic mass is 10.2. The van der Waals surface area contributed by atoms with Gasteiger partial charge < -0.3 is 15.5 Å². The Hall–Kier alpha value is -0.180. The Morgan fingerprint density at radius 2 is 2.09 bits per heavy atom. The van der Waals surface area contributed by atoms with E-state index in [1.165, 1.54) is 0 Å². The largest absolute Gasteiger partial charge is 0.357 e. The van der Waals surface area contributed by atoms with Gasteiger partial charge in [0.25, 0.3) is 0 Å². The van der Waals surface area contributed by atoms with Crippen LogP contribution in [0.5, 0.6) is 0 Å². The van der Waals surface area contributed by atoms with Crippen molar-refractivity contribution < 1.29 is 4.79 Å². The molecule has 2 rings (SSSR count). The Bertz CT molecular complexity index is 399. The second-order valence-electron chi connectivity index (χ2n) is 6.33. The Morgan fingerprint density at radius 3 is 2.68 bits per heavy atom. The van der Waals surface area contributed by atoms with Crippen molar-refractivity contribution in [2.75, 3.05) is 38.5 Å². The molecule has 0 aromatic carbocycles. The summed E-state index contributed by atoms with van der Waals surface area (Å²) in [7, 11) is 0. The molecule has 5 nitrogen and oxygen atoms in total. The Kier molecular flexibility index (Phi) is 8.31. The zero-order valence-electron chi connectivity index (χ0n) is 13.9. The second kappa shape index (κ2) is 9.20. The number of carbonyl (C=O) groups excluding carboxylic acids is 1. The van der Waals surface area contributed by atoms with E-state index in [0.29, 0.717) is 13.1 Å². The number of hydrogen-bond acceptors (Lipinski definition) is 3. The molecule has 2 fully saturated rings. The molecule has 0 radical (unpaired) electrons. The summed E-state index contributed by atoms with van der Waals surface area (Å²) in [5.74, 6) is 2.59. The van der Waals surface area contributed by atoms with Crippen LogP contribution in [0.3, 0.4) is 0 Å². The van der Waals surface area contributed by atoms with E-state index in [9.17, 15) is 4.79 Å². The maximum Gasteiger partial charge on any atom is 0.223 e. The lowest BCUT2D eigenvalue weighted by Crippen LogP contribution is -2.51. The van der Waals surface area contributed by atoms with Crippen molar-refractivity contribution in [1.29, 1.82) is 0 Å². The molecule has 1 aliphatic carbocycles. The number of amides is 1. The molecule has 1 saturated heterocycles. The molecule has 0 unspecified atom stereocenters. The summed E-state index contributed by atoms with van der Waals surface area (Å²) < 4.78 is 0.272. The minimum atomic E-state index is 0. The zero-order chi connectivity index (χ0) is 15.3. The van der Waals surface area contributed by atoms with Crippen LogP contribution >= 0.6 is 35.7 Å². The van der Waals surface area contributed by atoms with Gasteiger partial charge in [-0.25, -0.2) is 0 Å². The molecule has 2 N–H and O–H groups in total. The van der Waals surface area contributed by atoms with E-state index in [2.05, 4.69) is 41.3 Å². The highest BCUT2D eigenvalue weighted by molar-refractivity contribution is 14.0. The van der Waals surface area contributed by atoms with Gasteiger partial charge in [-0.15, -0.1) is 24.0 Å².